The minimum Gasteiger partial charge on any atom is -0.353 e. The Kier molecular flexibility index (Phi) is 6.59. The number of aromatic nitrogens is 1. The normalized spacial score (nSPS) is 16.9. The Morgan fingerprint density at radius 1 is 1.30 bits per heavy atom. The van der Waals surface area contributed by atoms with Crippen molar-refractivity contribution >= 4 is 33.3 Å². The fourth-order valence-electron chi connectivity index (χ4n) is 2.91. The van der Waals surface area contributed by atoms with Crippen molar-refractivity contribution < 1.29 is 0 Å². The van der Waals surface area contributed by atoms with Crippen molar-refractivity contribution in [2.24, 2.45) is 5.73 Å². The summed E-state index contributed by atoms with van der Waals surface area (Å²) in [6, 6.07) is 2.50. The maximum atomic E-state index is 6.01. The second-order valence-corrected chi connectivity index (χ2v) is 6.73. The lowest BCUT2D eigenvalue weighted by Gasteiger charge is -2.33. The van der Waals surface area contributed by atoms with Crippen molar-refractivity contribution in [1.82, 2.24) is 4.98 Å². The minimum absolute atomic E-state index is 0.578. The van der Waals surface area contributed by atoms with Gasteiger partial charge in [-0.05, 0) is 47.8 Å². The van der Waals surface area contributed by atoms with Gasteiger partial charge in [0.1, 0.15) is 5.82 Å². The Hall–Kier alpha value is -0.320. The highest BCUT2D eigenvalue weighted by Crippen LogP contribution is 2.31. The lowest BCUT2D eigenvalue weighted by molar-refractivity contribution is 0.514. The summed E-state index contributed by atoms with van der Waals surface area (Å²) in [6.07, 6.45) is 10.6. The van der Waals surface area contributed by atoms with Gasteiger partial charge in [0.2, 0.25) is 0 Å². The predicted octanol–water partition coefficient (Wildman–Crippen LogP) is 4.38. The quantitative estimate of drug-likeness (QED) is 0.793. The Morgan fingerprint density at radius 2 is 2.00 bits per heavy atom. The molecule has 0 aliphatic heterocycles. The van der Waals surface area contributed by atoms with E-state index in [-0.39, 0.29) is 0 Å². The van der Waals surface area contributed by atoms with Crippen LogP contribution < -0.4 is 10.6 Å². The molecule has 2 N–H and O–H groups in total. The van der Waals surface area contributed by atoms with Gasteiger partial charge < -0.3 is 10.6 Å². The van der Waals surface area contributed by atoms with Crippen LogP contribution in [0.25, 0.3) is 0 Å². The zero-order chi connectivity index (χ0) is 14.4. The maximum Gasteiger partial charge on any atom is 0.143 e. The van der Waals surface area contributed by atoms with Gasteiger partial charge in [-0.1, -0.05) is 37.3 Å². The summed E-state index contributed by atoms with van der Waals surface area (Å²) >= 11 is 9.61. The van der Waals surface area contributed by atoms with Crippen LogP contribution in [0.5, 0.6) is 0 Å². The highest BCUT2D eigenvalue weighted by molar-refractivity contribution is 9.10. The molecular weight excluding hydrogens is 338 g/mol. The number of pyridine rings is 1. The van der Waals surface area contributed by atoms with Gasteiger partial charge in [0.15, 0.2) is 0 Å². The molecule has 0 aromatic carbocycles. The Bertz CT molecular complexity index is 420. The van der Waals surface area contributed by atoms with Gasteiger partial charge in [0, 0.05) is 18.8 Å². The number of nitrogens with zero attached hydrogens (tertiary/aromatic N) is 2. The van der Waals surface area contributed by atoms with E-state index in [0.717, 1.165) is 23.3 Å². The standard InChI is InChI=1S/C15H23BrClN3/c16-14-10-12(17)11-19-15(14)20(9-5-8-18)13-6-3-1-2-4-7-13/h10-11,13H,1-9,18H2. The van der Waals surface area contributed by atoms with Crippen LogP contribution in [0.3, 0.4) is 0 Å². The number of hydrogen-bond acceptors (Lipinski definition) is 3. The van der Waals surface area contributed by atoms with Gasteiger partial charge in [-0.25, -0.2) is 4.98 Å². The number of nitrogens with two attached hydrogens (primary N) is 1. The summed E-state index contributed by atoms with van der Waals surface area (Å²) in [5.74, 6) is 1.01. The molecule has 0 radical (unpaired) electrons. The minimum atomic E-state index is 0.578. The molecule has 20 heavy (non-hydrogen) atoms. The van der Waals surface area contributed by atoms with E-state index in [1.165, 1.54) is 38.5 Å². The molecule has 1 heterocycles. The Morgan fingerprint density at radius 3 is 2.60 bits per heavy atom. The molecule has 0 spiro atoms. The summed E-state index contributed by atoms with van der Waals surface area (Å²) in [7, 11) is 0. The molecule has 0 atom stereocenters. The predicted molar refractivity (Wildman–Crippen MR) is 89.5 cm³/mol. The Labute approximate surface area is 135 Å². The van der Waals surface area contributed by atoms with Crippen molar-refractivity contribution in [1.29, 1.82) is 0 Å². The van der Waals surface area contributed by atoms with E-state index in [1.54, 1.807) is 6.20 Å². The molecule has 1 saturated carbocycles. The van der Waals surface area contributed by atoms with E-state index >= 15 is 0 Å². The molecule has 1 aliphatic rings. The molecule has 2 rings (SSSR count). The lowest BCUT2D eigenvalue weighted by atomic mass is 10.1. The van der Waals surface area contributed by atoms with E-state index in [2.05, 4.69) is 25.8 Å². The van der Waals surface area contributed by atoms with Crippen LogP contribution in [-0.4, -0.2) is 24.1 Å². The maximum absolute atomic E-state index is 6.01. The van der Waals surface area contributed by atoms with E-state index in [9.17, 15) is 0 Å². The Balaban J connectivity index is 2.20. The first-order chi connectivity index (χ1) is 9.72. The van der Waals surface area contributed by atoms with Gasteiger partial charge in [0.05, 0.1) is 9.50 Å². The average molecular weight is 361 g/mol. The molecule has 5 heteroatoms. The monoisotopic (exact) mass is 359 g/mol. The van der Waals surface area contributed by atoms with Crippen LogP contribution in [0.2, 0.25) is 5.02 Å². The summed E-state index contributed by atoms with van der Waals surface area (Å²) < 4.78 is 0.978. The topological polar surface area (TPSA) is 42.1 Å². The lowest BCUT2D eigenvalue weighted by Crippen LogP contribution is -2.37. The SMILES string of the molecule is NCCCN(c1ncc(Cl)cc1Br)C1CCCCCC1. The fraction of sp³-hybridized carbons (Fsp3) is 0.667. The second-order valence-electron chi connectivity index (χ2n) is 5.44. The number of rotatable bonds is 5. The van der Waals surface area contributed by atoms with Crippen LogP contribution in [-0.2, 0) is 0 Å². The fourth-order valence-corrected chi connectivity index (χ4v) is 3.78. The van der Waals surface area contributed by atoms with Crippen molar-refractivity contribution in [3.8, 4) is 0 Å². The van der Waals surface area contributed by atoms with Crippen LogP contribution >= 0.6 is 27.5 Å². The summed E-state index contributed by atoms with van der Waals surface area (Å²) in [4.78, 5) is 6.97. The van der Waals surface area contributed by atoms with Gasteiger partial charge >= 0.3 is 0 Å². The highest BCUT2D eigenvalue weighted by Gasteiger charge is 2.22. The van der Waals surface area contributed by atoms with Crippen LogP contribution in [0.4, 0.5) is 5.82 Å². The molecule has 1 fully saturated rings. The van der Waals surface area contributed by atoms with Gasteiger partial charge in [0.25, 0.3) is 0 Å². The highest BCUT2D eigenvalue weighted by atomic mass is 79.9. The molecule has 0 unspecified atom stereocenters. The van der Waals surface area contributed by atoms with Crippen molar-refractivity contribution in [2.45, 2.75) is 51.0 Å². The van der Waals surface area contributed by atoms with E-state index in [1.807, 2.05) is 6.07 Å². The second kappa shape index (κ2) is 8.20. The van der Waals surface area contributed by atoms with E-state index in [4.69, 9.17) is 17.3 Å². The van der Waals surface area contributed by atoms with E-state index < -0.39 is 0 Å². The van der Waals surface area contributed by atoms with E-state index in [0.29, 0.717) is 17.6 Å². The summed E-state index contributed by atoms with van der Waals surface area (Å²) in [5, 5.41) is 0.667. The molecular formula is C15H23BrClN3. The zero-order valence-corrected chi connectivity index (χ0v) is 14.2. The molecule has 112 valence electrons. The average Bonchev–Trinajstić information content (AvgIpc) is 2.70. The zero-order valence-electron chi connectivity index (χ0n) is 11.8. The van der Waals surface area contributed by atoms with Crippen LogP contribution in [0.1, 0.15) is 44.9 Å². The molecule has 1 aromatic rings. The van der Waals surface area contributed by atoms with Crippen LogP contribution in [0.15, 0.2) is 16.7 Å². The molecule has 0 saturated heterocycles. The first-order valence-electron chi connectivity index (χ1n) is 7.50. The van der Waals surface area contributed by atoms with Gasteiger partial charge in [-0.3, -0.25) is 0 Å². The third-order valence-corrected chi connectivity index (χ3v) is 4.72. The first-order valence-corrected chi connectivity index (χ1v) is 8.67. The summed E-state index contributed by atoms with van der Waals surface area (Å²) in [5.41, 5.74) is 5.70. The van der Waals surface area contributed by atoms with Gasteiger partial charge in [-0.2, -0.15) is 0 Å². The molecule has 1 aromatic heterocycles. The van der Waals surface area contributed by atoms with Crippen LogP contribution in [0, 0.1) is 0 Å². The molecule has 0 bridgehead atoms. The number of halogens is 2. The van der Waals surface area contributed by atoms with Gasteiger partial charge in [-0.15, -0.1) is 0 Å². The van der Waals surface area contributed by atoms with Crippen molar-refractivity contribution in [3.05, 3.63) is 21.8 Å². The largest absolute Gasteiger partial charge is 0.353 e. The third kappa shape index (κ3) is 4.34. The van der Waals surface area contributed by atoms with Crippen molar-refractivity contribution in [3.63, 3.8) is 0 Å². The molecule has 3 nitrogen and oxygen atoms in total. The number of anilines is 1. The first kappa shape index (κ1) is 16.1. The smallest absolute Gasteiger partial charge is 0.143 e. The number of hydrogen-bond donors (Lipinski definition) is 1. The van der Waals surface area contributed by atoms with Crippen molar-refractivity contribution in [2.75, 3.05) is 18.0 Å². The molecule has 0 amide bonds. The molecule has 1 aliphatic carbocycles. The summed E-state index contributed by atoms with van der Waals surface area (Å²) in [6.45, 7) is 1.68. The third-order valence-electron chi connectivity index (χ3n) is 3.93.